The van der Waals surface area contributed by atoms with Gasteiger partial charge in [-0.05, 0) is 33.7 Å². The van der Waals surface area contributed by atoms with Gasteiger partial charge in [-0.1, -0.05) is 29.1 Å². The van der Waals surface area contributed by atoms with Crippen LogP contribution in [-0.4, -0.2) is 116 Å². The van der Waals surface area contributed by atoms with Crippen molar-refractivity contribution in [3.8, 4) is 0 Å². The number of aliphatic hydroxyl groups is 1. The van der Waals surface area contributed by atoms with Crippen molar-refractivity contribution < 1.29 is 61.7 Å². The van der Waals surface area contributed by atoms with Crippen LogP contribution in [0.15, 0.2) is 51.2 Å². The minimum atomic E-state index is -5.23. The average Bonchev–Trinajstić information content (AvgIpc) is 3.73. The lowest BCUT2D eigenvalue weighted by atomic mass is 10.0. The maximum atomic E-state index is 13.4. The number of aliphatic hydroxyl groups excluding tert-OH is 1. The van der Waals surface area contributed by atoms with Gasteiger partial charge in [0, 0.05) is 16.9 Å². The smallest absolute Gasteiger partial charge is 0.471 e. The Morgan fingerprint density at radius 2 is 1.90 bits per heavy atom. The normalized spacial score (nSPS) is 18.1. The van der Waals surface area contributed by atoms with Crippen molar-refractivity contribution >= 4 is 75.4 Å². The lowest BCUT2D eigenvalue weighted by Crippen LogP contribution is -2.71. The number of aliphatic carboxylic acids is 2. The molecule has 4 heterocycles. The Morgan fingerprint density at radius 3 is 2.57 bits per heavy atom. The van der Waals surface area contributed by atoms with Crippen LogP contribution in [0.4, 0.5) is 22.7 Å². The summed E-state index contributed by atoms with van der Waals surface area (Å²) in [6.07, 6.45) is -7.03. The molecule has 2 aliphatic rings. The second kappa shape index (κ2) is 15.4. The Morgan fingerprint density at radius 1 is 1.18 bits per heavy atom. The number of hydrogen-bond donors (Lipinski definition) is 5. The van der Waals surface area contributed by atoms with E-state index in [0.717, 1.165) is 50.6 Å². The molecule has 5 N–H and O–H groups in total. The number of hydrogen-bond acceptors (Lipinski definition) is 15. The Bertz CT molecular complexity index is 1920. The van der Waals surface area contributed by atoms with E-state index in [1.807, 2.05) is 0 Å². The molecule has 2 aliphatic heterocycles. The molecule has 3 amide bonds. The van der Waals surface area contributed by atoms with Crippen LogP contribution in [0.2, 0.25) is 0 Å². The first-order valence-electron chi connectivity index (χ1n) is 13.9. The number of thiazole rings is 1. The highest BCUT2D eigenvalue weighted by atomic mass is 32.2. The van der Waals surface area contributed by atoms with Gasteiger partial charge < -0.3 is 25.5 Å². The number of fused-ring (bicyclic) bond motifs is 1. The van der Waals surface area contributed by atoms with Crippen LogP contribution in [-0.2, 0) is 42.0 Å². The molecule has 3 atom stereocenters. The summed E-state index contributed by atoms with van der Waals surface area (Å²) in [4.78, 5) is 71.4. The number of carbonyl (C=O) groups excluding carboxylic acids is 3. The van der Waals surface area contributed by atoms with Crippen molar-refractivity contribution in [1.82, 2.24) is 35.4 Å². The molecule has 2 unspecified atom stereocenters. The van der Waals surface area contributed by atoms with Crippen LogP contribution >= 0.6 is 34.9 Å². The van der Waals surface area contributed by atoms with E-state index >= 15 is 0 Å². The zero-order valence-corrected chi connectivity index (χ0v) is 27.6. The number of tetrazole rings is 1. The van der Waals surface area contributed by atoms with E-state index in [2.05, 4.69) is 31.0 Å². The van der Waals surface area contributed by atoms with Crippen LogP contribution in [0.3, 0.4) is 0 Å². The quantitative estimate of drug-likeness (QED) is 0.0496. The highest BCUT2D eigenvalue weighted by Crippen LogP contribution is 2.41. The maximum absolute atomic E-state index is 13.4. The van der Waals surface area contributed by atoms with Crippen molar-refractivity contribution in [3.63, 3.8) is 0 Å². The number of aromatic nitrogens is 5. The number of halogens is 4. The van der Waals surface area contributed by atoms with E-state index in [9.17, 15) is 51.7 Å². The first kappa shape index (κ1) is 37.1. The number of carboxylic acid groups (broad SMARTS) is 2. The number of carbonyl (C=O) groups is 5. The molecule has 51 heavy (non-hydrogen) atoms. The Hall–Kier alpha value is -5.14. The van der Waals surface area contributed by atoms with E-state index in [4.69, 9.17) is 9.94 Å². The lowest BCUT2D eigenvalue weighted by molar-refractivity contribution is -0.167. The highest BCUT2D eigenvalue weighted by molar-refractivity contribution is 8.01. The van der Waals surface area contributed by atoms with Crippen molar-refractivity contribution in [2.75, 3.05) is 16.8 Å². The lowest BCUT2D eigenvalue weighted by Gasteiger charge is -2.49. The number of β-lactam (4-membered cyclic amide) rings is 1. The van der Waals surface area contributed by atoms with Gasteiger partial charge in [0.05, 0.1) is 6.54 Å². The summed E-state index contributed by atoms with van der Waals surface area (Å²) in [5.74, 6) is -7.70. The number of alkyl halides is 3. The van der Waals surface area contributed by atoms with Gasteiger partial charge in [-0.3, -0.25) is 24.6 Å². The van der Waals surface area contributed by atoms with E-state index in [1.54, 1.807) is 5.32 Å². The third-order valence-electron chi connectivity index (χ3n) is 6.78. The average molecular weight is 776 g/mol. The summed E-state index contributed by atoms with van der Waals surface area (Å²) in [5.41, 5.74) is -0.613. The zero-order chi connectivity index (χ0) is 37.0. The molecule has 0 aliphatic carbocycles. The summed E-state index contributed by atoms with van der Waals surface area (Å²) in [6, 6.07) is 3.73. The number of anilines is 1. The summed E-state index contributed by atoms with van der Waals surface area (Å²) < 4.78 is 52.5. The molecule has 5 rings (SSSR count). The molecule has 3 aromatic rings. The second-order valence-corrected chi connectivity index (χ2v) is 13.1. The fourth-order valence-corrected chi connectivity index (χ4v) is 7.44. The molecule has 25 heteroatoms. The van der Waals surface area contributed by atoms with E-state index < -0.39 is 76.6 Å². The zero-order valence-electron chi connectivity index (χ0n) is 25.1. The van der Waals surface area contributed by atoms with E-state index in [0.29, 0.717) is 16.9 Å². The van der Waals surface area contributed by atoms with Crippen LogP contribution < -0.4 is 10.6 Å². The largest absolute Gasteiger partial charge is 0.479 e. The summed E-state index contributed by atoms with van der Waals surface area (Å²) in [6.45, 7) is -0.765. The molecule has 18 nitrogen and oxygen atoms in total. The molecular weight excluding hydrogens is 755 g/mol. The molecule has 0 radical (unpaired) electrons. The van der Waals surface area contributed by atoms with Crippen molar-refractivity contribution in [2.45, 2.75) is 42.0 Å². The standard InChI is InChI=1S/C26H21F4N9O9S3/c27-12-3-1-10(2-4-12)6-48-35-15(13-9-50-24(31-13)33-23(47)26(28,29)30)18(41)32-16-19(42)39-17(22(45)46)11(7-49-20(16)39)8-51-25-34-36-37-38(25)5-14(40)21(43)44/h1-4,9,14,16,20,40H,5-8H2,(H,32,41)(H,43,44)(H,45,46)(H,31,33,47)/t14?,16?,20-/m0/s1. The Kier molecular flexibility index (Phi) is 11.2. The first-order valence-corrected chi connectivity index (χ1v) is 16.8. The minimum absolute atomic E-state index is 0.0507. The van der Waals surface area contributed by atoms with Gasteiger partial charge in [0.25, 0.3) is 11.8 Å². The number of nitrogens with one attached hydrogen (secondary N) is 2. The maximum Gasteiger partial charge on any atom is 0.471 e. The van der Waals surface area contributed by atoms with Gasteiger partial charge in [0.2, 0.25) is 5.16 Å². The predicted molar refractivity (Wildman–Crippen MR) is 166 cm³/mol. The number of rotatable bonds is 14. The summed E-state index contributed by atoms with van der Waals surface area (Å²) in [7, 11) is 0. The Balaban J connectivity index is 1.31. The van der Waals surface area contributed by atoms with Gasteiger partial charge in [0.1, 0.15) is 35.2 Å². The number of oxime groups is 1. The molecule has 1 fully saturated rings. The van der Waals surface area contributed by atoms with Gasteiger partial charge in [-0.15, -0.1) is 28.2 Å². The predicted octanol–water partition coefficient (Wildman–Crippen LogP) is 0.667. The number of amides is 3. The third kappa shape index (κ3) is 8.61. The van der Waals surface area contributed by atoms with Gasteiger partial charge in [-0.25, -0.2) is 23.6 Å². The fourth-order valence-electron chi connectivity index (χ4n) is 4.38. The van der Waals surface area contributed by atoms with Gasteiger partial charge in [-0.2, -0.15) is 13.2 Å². The molecule has 0 saturated carbocycles. The molecule has 270 valence electrons. The molecule has 0 spiro atoms. The van der Waals surface area contributed by atoms with Gasteiger partial charge >= 0.3 is 24.0 Å². The number of carboxylic acids is 2. The SMILES string of the molecule is O=C(O)C1=C(CSc2nnnn2CC(O)C(=O)O)CS[C@H]2C(NC(=O)C(=NOCc3ccc(F)cc3)c3csc(NC(=O)C(F)(F)F)n3)C(=O)N12. The molecule has 2 aromatic heterocycles. The van der Waals surface area contributed by atoms with E-state index in [1.165, 1.54) is 12.1 Å². The van der Waals surface area contributed by atoms with Crippen LogP contribution in [0.5, 0.6) is 0 Å². The molecule has 1 aromatic carbocycles. The summed E-state index contributed by atoms with van der Waals surface area (Å²) in [5, 5.41) is 46.8. The third-order valence-corrected chi connectivity index (χ3v) is 9.92. The second-order valence-electron chi connectivity index (χ2n) is 10.2. The minimum Gasteiger partial charge on any atom is -0.479 e. The number of benzene rings is 1. The molecule has 0 bridgehead atoms. The van der Waals surface area contributed by atoms with Crippen LogP contribution in [0.25, 0.3) is 0 Å². The van der Waals surface area contributed by atoms with Crippen LogP contribution in [0.1, 0.15) is 11.3 Å². The molecular formula is C26H21F4N9O9S3. The van der Waals surface area contributed by atoms with Crippen molar-refractivity contribution in [3.05, 3.63) is 58.0 Å². The monoisotopic (exact) mass is 775 g/mol. The first-order chi connectivity index (χ1) is 24.1. The fraction of sp³-hybridized carbons (Fsp3) is 0.308. The van der Waals surface area contributed by atoms with Crippen molar-refractivity contribution in [2.24, 2.45) is 5.16 Å². The van der Waals surface area contributed by atoms with Gasteiger partial charge in [0.15, 0.2) is 16.9 Å². The van der Waals surface area contributed by atoms with Crippen molar-refractivity contribution in [1.29, 1.82) is 0 Å². The topological polar surface area (TPSA) is 251 Å². The summed E-state index contributed by atoms with van der Waals surface area (Å²) >= 11 is 2.56. The highest BCUT2D eigenvalue weighted by Gasteiger charge is 2.54. The number of nitrogens with zero attached hydrogens (tertiary/aromatic N) is 7. The Labute approximate surface area is 293 Å². The van der Waals surface area contributed by atoms with E-state index in [-0.39, 0.29) is 40.2 Å². The van der Waals surface area contributed by atoms with Crippen LogP contribution in [0, 0.1) is 5.82 Å². The number of thioether (sulfide) groups is 2. The molecule has 1 saturated heterocycles.